The lowest BCUT2D eigenvalue weighted by atomic mass is 10.1. The minimum absolute atomic E-state index is 0.105. The summed E-state index contributed by atoms with van der Waals surface area (Å²) in [7, 11) is 3.36. The first-order chi connectivity index (χ1) is 7.27. The monoisotopic (exact) mass is 218 g/mol. The Labute approximate surface area is 91.2 Å². The van der Waals surface area contributed by atoms with E-state index in [4.69, 9.17) is 19.9 Å². The topological polar surface area (TPSA) is 65.7 Å². The van der Waals surface area contributed by atoms with Crippen molar-refractivity contribution in [2.24, 2.45) is 11.7 Å². The van der Waals surface area contributed by atoms with E-state index in [9.17, 15) is 0 Å². The molecule has 0 radical (unpaired) electrons. The molecule has 0 aliphatic carbocycles. The average Bonchev–Trinajstić information content (AvgIpc) is 2.63. The number of hydrogen-bond donors (Lipinski definition) is 2. The zero-order valence-electron chi connectivity index (χ0n) is 9.57. The van der Waals surface area contributed by atoms with Crippen LogP contribution in [0.1, 0.15) is 0 Å². The van der Waals surface area contributed by atoms with E-state index >= 15 is 0 Å². The minimum atomic E-state index is 0.105. The molecule has 0 aromatic rings. The summed E-state index contributed by atoms with van der Waals surface area (Å²) in [5, 5.41) is 3.33. The van der Waals surface area contributed by atoms with Gasteiger partial charge in [-0.05, 0) is 0 Å². The summed E-state index contributed by atoms with van der Waals surface area (Å²) in [5.74, 6) is 0.421. The number of rotatable bonds is 7. The van der Waals surface area contributed by atoms with Gasteiger partial charge in [0.05, 0.1) is 25.9 Å². The van der Waals surface area contributed by atoms with Gasteiger partial charge in [0.2, 0.25) is 0 Å². The van der Waals surface area contributed by atoms with Crippen LogP contribution in [-0.2, 0) is 14.2 Å². The average molecular weight is 218 g/mol. The molecule has 0 aromatic carbocycles. The number of hydrogen-bond acceptors (Lipinski definition) is 5. The Morgan fingerprint density at radius 1 is 1.47 bits per heavy atom. The zero-order valence-corrected chi connectivity index (χ0v) is 9.57. The van der Waals surface area contributed by atoms with Crippen LogP contribution in [0, 0.1) is 5.92 Å². The van der Waals surface area contributed by atoms with Gasteiger partial charge in [-0.25, -0.2) is 0 Å². The number of methoxy groups -OCH3 is 2. The van der Waals surface area contributed by atoms with Gasteiger partial charge < -0.3 is 25.3 Å². The van der Waals surface area contributed by atoms with Crippen molar-refractivity contribution in [3.05, 3.63) is 0 Å². The van der Waals surface area contributed by atoms with Crippen LogP contribution in [0.3, 0.4) is 0 Å². The minimum Gasteiger partial charge on any atom is -0.382 e. The molecule has 1 fully saturated rings. The first-order valence-electron chi connectivity index (χ1n) is 5.33. The van der Waals surface area contributed by atoms with E-state index < -0.39 is 0 Å². The highest BCUT2D eigenvalue weighted by molar-refractivity contribution is 4.79. The van der Waals surface area contributed by atoms with Gasteiger partial charge in [-0.15, -0.1) is 0 Å². The molecular weight excluding hydrogens is 196 g/mol. The van der Waals surface area contributed by atoms with Gasteiger partial charge in [0.15, 0.2) is 0 Å². The summed E-state index contributed by atoms with van der Waals surface area (Å²) in [5.41, 5.74) is 5.87. The van der Waals surface area contributed by atoms with Crippen LogP contribution in [-0.4, -0.2) is 59.3 Å². The molecule has 5 heteroatoms. The molecule has 1 aliphatic heterocycles. The maximum Gasteiger partial charge on any atom is 0.0928 e. The van der Waals surface area contributed by atoms with Crippen molar-refractivity contribution >= 4 is 0 Å². The molecular formula is C10H22N2O3. The molecule has 1 rings (SSSR count). The predicted octanol–water partition coefficient (Wildman–Crippen LogP) is -0.789. The van der Waals surface area contributed by atoms with Crippen molar-refractivity contribution in [2.45, 2.75) is 12.1 Å². The van der Waals surface area contributed by atoms with Crippen LogP contribution in [0.5, 0.6) is 0 Å². The third kappa shape index (κ3) is 4.44. The first-order valence-corrected chi connectivity index (χ1v) is 5.33. The molecule has 0 amide bonds. The Kier molecular flexibility index (Phi) is 6.12. The molecule has 0 aromatic heterocycles. The fourth-order valence-corrected chi connectivity index (χ4v) is 1.65. The standard InChI is InChI=1S/C10H22N2O3/c1-13-6-9(14-2)4-12-3-8-5-15-7-10(8)11/h8-10,12H,3-7,11H2,1-2H3. The van der Waals surface area contributed by atoms with Crippen molar-refractivity contribution in [3.63, 3.8) is 0 Å². The van der Waals surface area contributed by atoms with Gasteiger partial charge in [-0.3, -0.25) is 0 Å². The normalized spacial score (nSPS) is 28.2. The molecule has 90 valence electrons. The summed E-state index contributed by atoms with van der Waals surface area (Å²) in [6, 6.07) is 0.168. The van der Waals surface area contributed by atoms with Crippen LogP contribution in [0.4, 0.5) is 0 Å². The third-order valence-electron chi connectivity index (χ3n) is 2.71. The maximum atomic E-state index is 5.87. The number of nitrogens with two attached hydrogens (primary N) is 1. The van der Waals surface area contributed by atoms with Crippen LogP contribution in [0.2, 0.25) is 0 Å². The lowest BCUT2D eigenvalue weighted by molar-refractivity contribution is 0.0284. The van der Waals surface area contributed by atoms with E-state index in [1.54, 1.807) is 14.2 Å². The fourth-order valence-electron chi connectivity index (χ4n) is 1.65. The highest BCUT2D eigenvalue weighted by atomic mass is 16.5. The van der Waals surface area contributed by atoms with Gasteiger partial charge >= 0.3 is 0 Å². The molecule has 3 N–H and O–H groups in total. The van der Waals surface area contributed by atoms with Gasteiger partial charge in [0.1, 0.15) is 0 Å². The van der Waals surface area contributed by atoms with Crippen molar-refractivity contribution in [1.29, 1.82) is 0 Å². The molecule has 1 heterocycles. The van der Waals surface area contributed by atoms with Crippen molar-refractivity contribution in [1.82, 2.24) is 5.32 Å². The number of ether oxygens (including phenoxy) is 3. The van der Waals surface area contributed by atoms with Crippen LogP contribution in [0.15, 0.2) is 0 Å². The lowest BCUT2D eigenvalue weighted by Gasteiger charge is -2.18. The summed E-state index contributed by atoms with van der Waals surface area (Å²) < 4.78 is 15.5. The van der Waals surface area contributed by atoms with Crippen LogP contribution in [0.25, 0.3) is 0 Å². The van der Waals surface area contributed by atoms with E-state index in [-0.39, 0.29) is 12.1 Å². The van der Waals surface area contributed by atoms with Crippen molar-refractivity contribution < 1.29 is 14.2 Å². The Bertz CT molecular complexity index is 169. The largest absolute Gasteiger partial charge is 0.382 e. The fraction of sp³-hybridized carbons (Fsp3) is 1.00. The van der Waals surface area contributed by atoms with E-state index in [0.717, 1.165) is 19.7 Å². The second-order valence-corrected chi connectivity index (χ2v) is 3.93. The summed E-state index contributed by atoms with van der Waals surface area (Å²) in [6.45, 7) is 3.71. The second-order valence-electron chi connectivity index (χ2n) is 3.93. The lowest BCUT2D eigenvalue weighted by Crippen LogP contribution is -2.39. The summed E-state index contributed by atoms with van der Waals surface area (Å²) in [4.78, 5) is 0. The molecule has 5 nitrogen and oxygen atoms in total. The molecule has 1 saturated heterocycles. The van der Waals surface area contributed by atoms with Crippen LogP contribution < -0.4 is 11.1 Å². The number of nitrogens with one attached hydrogen (secondary N) is 1. The second kappa shape index (κ2) is 7.14. The Morgan fingerprint density at radius 2 is 2.27 bits per heavy atom. The molecule has 3 unspecified atom stereocenters. The van der Waals surface area contributed by atoms with Gasteiger partial charge in [0.25, 0.3) is 0 Å². The molecule has 15 heavy (non-hydrogen) atoms. The predicted molar refractivity (Wildman–Crippen MR) is 57.8 cm³/mol. The van der Waals surface area contributed by atoms with E-state index in [0.29, 0.717) is 19.1 Å². The van der Waals surface area contributed by atoms with E-state index in [1.165, 1.54) is 0 Å². The summed E-state index contributed by atoms with van der Waals surface area (Å²) in [6.07, 6.45) is 0.105. The Morgan fingerprint density at radius 3 is 2.80 bits per heavy atom. The molecule has 3 atom stereocenters. The highest BCUT2D eigenvalue weighted by Crippen LogP contribution is 2.09. The third-order valence-corrected chi connectivity index (χ3v) is 2.71. The Balaban J connectivity index is 2.08. The Hall–Kier alpha value is -0.200. The molecule has 0 saturated carbocycles. The van der Waals surface area contributed by atoms with Crippen molar-refractivity contribution in [2.75, 3.05) is 47.1 Å². The van der Waals surface area contributed by atoms with Gasteiger partial charge in [0, 0.05) is 39.3 Å². The molecule has 0 bridgehead atoms. The quantitative estimate of drug-likeness (QED) is 0.586. The van der Waals surface area contributed by atoms with Crippen LogP contribution >= 0.6 is 0 Å². The molecule has 1 aliphatic rings. The van der Waals surface area contributed by atoms with E-state index in [2.05, 4.69) is 5.32 Å². The maximum absolute atomic E-state index is 5.87. The smallest absolute Gasteiger partial charge is 0.0928 e. The van der Waals surface area contributed by atoms with Gasteiger partial charge in [-0.1, -0.05) is 0 Å². The zero-order chi connectivity index (χ0) is 11.1. The van der Waals surface area contributed by atoms with Crippen molar-refractivity contribution in [3.8, 4) is 0 Å². The van der Waals surface area contributed by atoms with E-state index in [1.807, 2.05) is 0 Å². The molecule has 0 spiro atoms. The first kappa shape index (κ1) is 12.9. The van der Waals surface area contributed by atoms with Gasteiger partial charge in [-0.2, -0.15) is 0 Å². The highest BCUT2D eigenvalue weighted by Gasteiger charge is 2.24. The SMILES string of the molecule is COCC(CNCC1COCC1N)OC. The summed E-state index contributed by atoms with van der Waals surface area (Å²) >= 11 is 0.